The van der Waals surface area contributed by atoms with E-state index in [4.69, 9.17) is 4.42 Å². The molecule has 0 saturated carbocycles. The van der Waals surface area contributed by atoms with E-state index in [9.17, 15) is 14.9 Å². The molecule has 1 heterocycles. The molecule has 0 aliphatic heterocycles. The number of para-hydroxylation sites is 1. The lowest BCUT2D eigenvalue weighted by molar-refractivity contribution is -0.385. The number of allylic oxidation sites excluding steroid dienone is 1. The molecule has 1 aromatic heterocycles. The summed E-state index contributed by atoms with van der Waals surface area (Å²) in [6, 6.07) is 9.34. The number of hydrogen-bond acceptors (Lipinski definition) is 4. The van der Waals surface area contributed by atoms with Crippen LogP contribution in [0.4, 0.5) is 5.69 Å². The summed E-state index contributed by atoms with van der Waals surface area (Å²) in [5.41, 5.74) is -0.139. The minimum atomic E-state index is -0.571. The third-order valence-electron chi connectivity index (χ3n) is 2.53. The maximum atomic E-state index is 11.9. The summed E-state index contributed by atoms with van der Waals surface area (Å²) in [5, 5.41) is 10.8. The van der Waals surface area contributed by atoms with Crippen molar-refractivity contribution in [2.75, 3.05) is 0 Å². The zero-order valence-electron chi connectivity index (χ0n) is 10.2. The molecule has 0 unspecified atom stereocenters. The van der Waals surface area contributed by atoms with E-state index in [2.05, 4.69) is 0 Å². The topological polar surface area (TPSA) is 73.3 Å². The van der Waals surface area contributed by atoms with Gasteiger partial charge in [0, 0.05) is 6.07 Å². The molecular weight excluding hydrogens is 246 g/mol. The van der Waals surface area contributed by atoms with Gasteiger partial charge in [0.05, 0.1) is 10.5 Å². The number of nitro benzene ring substituents is 1. The number of carbonyl (C=O) groups excluding carboxylic acids is 1. The summed E-state index contributed by atoms with van der Waals surface area (Å²) in [5.74, 6) is 0.837. The maximum Gasteiger partial charge on any atom is 0.280 e. The van der Waals surface area contributed by atoms with Gasteiger partial charge in [0.25, 0.3) is 5.69 Å². The molecule has 0 fully saturated rings. The molecule has 0 aliphatic rings. The summed E-state index contributed by atoms with van der Waals surface area (Å²) >= 11 is 0. The van der Waals surface area contributed by atoms with Gasteiger partial charge in [0.15, 0.2) is 5.78 Å². The highest BCUT2D eigenvalue weighted by atomic mass is 16.6. The Bertz CT molecular complexity index is 655. The first-order valence-electron chi connectivity index (χ1n) is 5.60. The van der Waals surface area contributed by atoms with Gasteiger partial charge in [-0.1, -0.05) is 12.1 Å². The van der Waals surface area contributed by atoms with Crippen LogP contribution in [0.2, 0.25) is 0 Å². The minimum absolute atomic E-state index is 0.0621. The van der Waals surface area contributed by atoms with Crippen LogP contribution in [0.3, 0.4) is 0 Å². The SMILES string of the molecule is Cc1ccc(/C=C/C(=O)c2ccccc2[N+](=O)[O-])o1. The molecular formula is C14H11NO4. The number of nitro groups is 1. The van der Waals surface area contributed by atoms with Gasteiger partial charge in [-0.3, -0.25) is 14.9 Å². The van der Waals surface area contributed by atoms with Crippen molar-refractivity contribution in [1.82, 2.24) is 0 Å². The lowest BCUT2D eigenvalue weighted by Crippen LogP contribution is -2.00. The second-order valence-corrected chi connectivity index (χ2v) is 3.92. The van der Waals surface area contributed by atoms with Crippen molar-refractivity contribution in [1.29, 1.82) is 0 Å². The van der Waals surface area contributed by atoms with Gasteiger partial charge in [-0.2, -0.15) is 0 Å². The molecule has 2 rings (SSSR count). The number of aryl methyl sites for hydroxylation is 1. The third-order valence-corrected chi connectivity index (χ3v) is 2.53. The van der Waals surface area contributed by atoms with Crippen LogP contribution in [-0.4, -0.2) is 10.7 Å². The van der Waals surface area contributed by atoms with E-state index < -0.39 is 10.7 Å². The molecule has 0 N–H and O–H groups in total. The van der Waals surface area contributed by atoms with E-state index in [0.717, 1.165) is 5.76 Å². The normalized spacial score (nSPS) is 10.8. The Hall–Kier alpha value is -2.69. The van der Waals surface area contributed by atoms with Gasteiger partial charge in [0.1, 0.15) is 11.5 Å². The molecule has 0 spiro atoms. The third kappa shape index (κ3) is 2.95. The number of furan rings is 1. The molecule has 0 radical (unpaired) electrons. The quantitative estimate of drug-likeness (QED) is 0.364. The smallest absolute Gasteiger partial charge is 0.280 e. The van der Waals surface area contributed by atoms with Crippen LogP contribution in [0.5, 0.6) is 0 Å². The Morgan fingerprint density at radius 3 is 2.63 bits per heavy atom. The second kappa shape index (κ2) is 5.30. The summed E-state index contributed by atoms with van der Waals surface area (Å²) < 4.78 is 5.27. The van der Waals surface area contributed by atoms with Crippen LogP contribution in [0.15, 0.2) is 46.9 Å². The van der Waals surface area contributed by atoms with E-state index in [-0.39, 0.29) is 11.3 Å². The molecule has 0 saturated heterocycles. The molecule has 5 heteroatoms. The summed E-state index contributed by atoms with van der Waals surface area (Å²) in [4.78, 5) is 22.2. The van der Waals surface area contributed by atoms with Gasteiger partial charge in [-0.05, 0) is 37.3 Å². The van der Waals surface area contributed by atoms with Crippen LogP contribution in [0.25, 0.3) is 6.08 Å². The van der Waals surface area contributed by atoms with Crippen molar-refractivity contribution >= 4 is 17.5 Å². The first-order valence-corrected chi connectivity index (χ1v) is 5.60. The van der Waals surface area contributed by atoms with Crippen LogP contribution >= 0.6 is 0 Å². The van der Waals surface area contributed by atoms with E-state index in [1.807, 2.05) is 0 Å². The molecule has 0 bridgehead atoms. The van der Waals surface area contributed by atoms with Crippen molar-refractivity contribution < 1.29 is 14.1 Å². The van der Waals surface area contributed by atoms with E-state index in [1.54, 1.807) is 25.1 Å². The Balaban J connectivity index is 2.25. The van der Waals surface area contributed by atoms with Gasteiger partial charge < -0.3 is 4.42 Å². The summed E-state index contributed by atoms with van der Waals surface area (Å²) in [6.07, 6.45) is 2.76. The van der Waals surface area contributed by atoms with Crippen LogP contribution in [-0.2, 0) is 0 Å². The minimum Gasteiger partial charge on any atom is -0.462 e. The van der Waals surface area contributed by atoms with Gasteiger partial charge in [0.2, 0.25) is 0 Å². The zero-order valence-corrected chi connectivity index (χ0v) is 10.2. The van der Waals surface area contributed by atoms with Gasteiger partial charge in [-0.15, -0.1) is 0 Å². The highest BCUT2D eigenvalue weighted by Gasteiger charge is 2.16. The average molecular weight is 257 g/mol. The lowest BCUT2D eigenvalue weighted by Gasteiger charge is -1.97. The predicted molar refractivity (Wildman–Crippen MR) is 69.9 cm³/mol. The van der Waals surface area contributed by atoms with Crippen molar-refractivity contribution in [2.24, 2.45) is 0 Å². The fourth-order valence-corrected chi connectivity index (χ4v) is 1.63. The fourth-order valence-electron chi connectivity index (χ4n) is 1.63. The van der Waals surface area contributed by atoms with Crippen molar-refractivity contribution in [3.8, 4) is 0 Å². The largest absolute Gasteiger partial charge is 0.462 e. The number of benzene rings is 1. The summed E-state index contributed by atoms with van der Waals surface area (Å²) in [7, 11) is 0. The predicted octanol–water partition coefficient (Wildman–Crippen LogP) is 3.39. The Labute approximate surface area is 109 Å². The van der Waals surface area contributed by atoms with Crippen LogP contribution in [0.1, 0.15) is 21.9 Å². The van der Waals surface area contributed by atoms with Crippen molar-refractivity contribution in [3.63, 3.8) is 0 Å². The number of ketones is 1. The molecule has 0 atom stereocenters. The summed E-state index contributed by atoms with van der Waals surface area (Å²) in [6.45, 7) is 1.79. The second-order valence-electron chi connectivity index (χ2n) is 3.92. The molecule has 0 amide bonds. The maximum absolute atomic E-state index is 11.9. The fraction of sp³-hybridized carbons (Fsp3) is 0.0714. The number of rotatable bonds is 4. The van der Waals surface area contributed by atoms with Gasteiger partial charge >= 0.3 is 0 Å². The first-order chi connectivity index (χ1) is 9.08. The molecule has 5 nitrogen and oxygen atoms in total. The molecule has 2 aromatic rings. The lowest BCUT2D eigenvalue weighted by atomic mass is 10.1. The number of hydrogen-bond donors (Lipinski definition) is 0. The molecule has 96 valence electrons. The number of carbonyl (C=O) groups is 1. The molecule has 19 heavy (non-hydrogen) atoms. The van der Waals surface area contributed by atoms with Crippen LogP contribution < -0.4 is 0 Å². The first kappa shape index (κ1) is 12.8. The Morgan fingerprint density at radius 1 is 1.26 bits per heavy atom. The number of nitrogens with zero attached hydrogens (tertiary/aromatic N) is 1. The van der Waals surface area contributed by atoms with E-state index in [0.29, 0.717) is 5.76 Å². The van der Waals surface area contributed by atoms with E-state index in [1.165, 1.54) is 30.4 Å². The van der Waals surface area contributed by atoms with Gasteiger partial charge in [-0.25, -0.2) is 0 Å². The Kier molecular flexibility index (Phi) is 3.56. The zero-order chi connectivity index (χ0) is 13.8. The average Bonchev–Trinajstić information content (AvgIpc) is 2.81. The highest BCUT2D eigenvalue weighted by Crippen LogP contribution is 2.19. The van der Waals surface area contributed by atoms with Crippen molar-refractivity contribution in [2.45, 2.75) is 6.92 Å². The monoisotopic (exact) mass is 257 g/mol. The van der Waals surface area contributed by atoms with Crippen LogP contribution in [0, 0.1) is 17.0 Å². The highest BCUT2D eigenvalue weighted by molar-refractivity contribution is 6.09. The standard InChI is InChI=1S/C14H11NO4/c1-10-6-7-11(19-10)8-9-14(16)12-4-2-3-5-13(12)15(17)18/h2-9H,1H3/b9-8+. The molecule has 0 aliphatic carbocycles. The van der Waals surface area contributed by atoms with E-state index >= 15 is 0 Å². The Morgan fingerprint density at radius 2 is 2.00 bits per heavy atom. The molecule has 1 aromatic carbocycles. The van der Waals surface area contributed by atoms with Crippen molar-refractivity contribution in [3.05, 3.63) is 69.7 Å².